The minimum atomic E-state index is -5.23. The average Bonchev–Trinajstić information content (AvgIpc) is 3.57. The lowest BCUT2D eigenvalue weighted by Crippen LogP contribution is -2.51. The maximum Gasteiger partial charge on any atom is 0.412 e. The Kier molecular flexibility index (Phi) is 16.6. The molecule has 310 valence electrons. The topological polar surface area (TPSA) is 142 Å². The Morgan fingerprint density at radius 1 is 1.02 bits per heavy atom. The smallest absolute Gasteiger partial charge is 0.412 e. The summed E-state index contributed by atoms with van der Waals surface area (Å²) >= 11 is 2.02. The minimum absolute atomic E-state index is 0.131. The van der Waals surface area contributed by atoms with Gasteiger partial charge in [-0.25, -0.2) is 4.98 Å². The van der Waals surface area contributed by atoms with Gasteiger partial charge in [0.1, 0.15) is 30.5 Å². The third-order valence-corrected chi connectivity index (χ3v) is 11.9. The second-order valence-corrected chi connectivity index (χ2v) is 16.5. The Morgan fingerprint density at radius 2 is 1.69 bits per heavy atom. The number of ether oxygens (including phenoxy) is 5. The van der Waals surface area contributed by atoms with Crippen LogP contribution in [0.3, 0.4) is 0 Å². The van der Waals surface area contributed by atoms with E-state index in [2.05, 4.69) is 20.6 Å². The molecule has 4 rings (SSSR count). The highest BCUT2D eigenvalue weighted by Crippen LogP contribution is 2.50. The molecule has 12 nitrogen and oxygen atoms in total. The summed E-state index contributed by atoms with van der Waals surface area (Å²) in [4.78, 5) is 28.5. The molecule has 20 heteroatoms. The number of oxazole rings is 1. The predicted molar refractivity (Wildman–Crippen MR) is 192 cm³/mol. The van der Waals surface area contributed by atoms with Crippen molar-refractivity contribution in [1.82, 2.24) is 4.98 Å². The minimum Gasteiger partial charge on any atom is -0.461 e. The van der Waals surface area contributed by atoms with E-state index in [0.29, 0.717) is 44.4 Å². The number of alkyl halides is 6. The highest BCUT2D eigenvalue weighted by atomic mass is 127. The zero-order chi connectivity index (χ0) is 40.6. The molecule has 0 aromatic carbocycles. The summed E-state index contributed by atoms with van der Waals surface area (Å²) < 4.78 is 135. The van der Waals surface area contributed by atoms with E-state index in [1.807, 2.05) is 22.6 Å². The fourth-order valence-corrected chi connectivity index (χ4v) is 8.35. The zero-order valence-electron chi connectivity index (χ0n) is 30.4. The molecule has 0 aliphatic carbocycles. The molecule has 1 aromatic heterocycles. The maximum absolute atomic E-state index is 13.0. The first-order valence-electron chi connectivity index (χ1n) is 17.6. The van der Waals surface area contributed by atoms with Crippen LogP contribution < -0.4 is 0 Å². The summed E-state index contributed by atoms with van der Waals surface area (Å²) in [6, 6.07) is 0. The molecule has 3 aliphatic heterocycles. The molecule has 3 saturated heterocycles. The van der Waals surface area contributed by atoms with Crippen molar-refractivity contribution in [2.45, 2.75) is 115 Å². The van der Waals surface area contributed by atoms with Crippen LogP contribution in [0.1, 0.15) is 77.2 Å². The van der Waals surface area contributed by atoms with Gasteiger partial charge in [0.15, 0.2) is 13.2 Å². The van der Waals surface area contributed by atoms with Gasteiger partial charge in [0, 0.05) is 24.7 Å². The molecule has 3 aliphatic rings. The van der Waals surface area contributed by atoms with Gasteiger partial charge in [-0.3, -0.25) is 18.4 Å². The largest absolute Gasteiger partial charge is 0.461 e. The van der Waals surface area contributed by atoms with Gasteiger partial charge in [0.25, 0.3) is 0 Å². The number of esters is 1. The number of nitrogens with zero attached hydrogens (tertiary/aromatic N) is 1. The molecule has 1 aromatic rings. The van der Waals surface area contributed by atoms with Gasteiger partial charge >= 0.3 is 25.9 Å². The van der Waals surface area contributed by atoms with Gasteiger partial charge in [-0.2, -0.15) is 26.3 Å². The first-order chi connectivity index (χ1) is 25.8. The van der Waals surface area contributed by atoms with Gasteiger partial charge in [-0.15, -0.1) is 0 Å². The molecular formula is C35H45F6INO11P. The Hall–Kier alpha value is -2.13. The van der Waals surface area contributed by atoms with Crippen LogP contribution in [0.25, 0.3) is 6.08 Å². The van der Waals surface area contributed by atoms with Crippen molar-refractivity contribution in [3.05, 3.63) is 45.7 Å². The number of hydrogen-bond acceptors (Lipinski definition) is 12. The highest BCUT2D eigenvalue weighted by Gasteiger charge is 2.46. The van der Waals surface area contributed by atoms with Gasteiger partial charge in [-0.1, -0.05) is 54.7 Å². The predicted octanol–water partition coefficient (Wildman–Crippen LogP) is 8.61. The molecule has 0 bridgehead atoms. The van der Waals surface area contributed by atoms with Crippen LogP contribution in [0.5, 0.6) is 0 Å². The molecule has 0 N–H and O–H groups in total. The summed E-state index contributed by atoms with van der Waals surface area (Å²) in [6.07, 6.45) is -6.28. The van der Waals surface area contributed by atoms with Crippen molar-refractivity contribution in [1.29, 1.82) is 0 Å². The normalized spacial score (nSPS) is 30.1. The monoisotopic (exact) mass is 927 g/mol. The molecule has 4 heterocycles. The molecule has 9 atom stereocenters. The fraction of sp³-hybridized carbons (Fsp3) is 0.686. The fourth-order valence-electron chi connectivity index (χ4n) is 6.67. The van der Waals surface area contributed by atoms with E-state index < -0.39 is 81.7 Å². The highest BCUT2D eigenvalue weighted by molar-refractivity contribution is 14.1. The second-order valence-electron chi connectivity index (χ2n) is 13.8. The third-order valence-electron chi connectivity index (χ3n) is 9.22. The molecule has 3 fully saturated rings. The summed E-state index contributed by atoms with van der Waals surface area (Å²) in [5, 5.41) is 0. The van der Waals surface area contributed by atoms with Crippen molar-refractivity contribution in [2.24, 2.45) is 11.8 Å². The van der Waals surface area contributed by atoms with E-state index in [4.69, 9.17) is 28.1 Å². The number of carbonyl (C=O) groups excluding carboxylic acids is 2. The van der Waals surface area contributed by atoms with E-state index in [1.165, 1.54) is 6.26 Å². The molecule has 0 unspecified atom stereocenters. The van der Waals surface area contributed by atoms with E-state index in [0.717, 1.165) is 17.4 Å². The summed E-state index contributed by atoms with van der Waals surface area (Å²) in [7, 11) is -5.23. The number of halogens is 7. The van der Waals surface area contributed by atoms with Crippen LogP contribution in [0.15, 0.2) is 38.6 Å². The Labute approximate surface area is 328 Å². The van der Waals surface area contributed by atoms with Crippen molar-refractivity contribution < 1.29 is 77.6 Å². The number of carbonyl (C=O) groups is 2. The van der Waals surface area contributed by atoms with Gasteiger partial charge < -0.3 is 32.9 Å². The summed E-state index contributed by atoms with van der Waals surface area (Å²) in [5.74, 6) is -2.19. The SMILES string of the molecule is C=C1C[C@H](C[C@@H]2CCO[C@H](c3coc(C=CC[C@H]4O[C@@H](C(C)=CI)[C@H](C)[C@@H](OC(=O)CP(=O)(OCC(F)(F)F)OCC(F)(F)F)[C@H]4C)n3)O2)O[C@@H](CC=O)C1. The first-order valence-corrected chi connectivity index (χ1v) is 20.5. The Balaban J connectivity index is 1.39. The van der Waals surface area contributed by atoms with E-state index in [-0.39, 0.29) is 30.6 Å². The van der Waals surface area contributed by atoms with Crippen LogP contribution in [-0.2, 0) is 46.9 Å². The molecule has 55 heavy (non-hydrogen) atoms. The first kappa shape index (κ1) is 45.6. The van der Waals surface area contributed by atoms with E-state index >= 15 is 0 Å². The van der Waals surface area contributed by atoms with Crippen LogP contribution >= 0.6 is 30.2 Å². The lowest BCUT2D eigenvalue weighted by Gasteiger charge is -2.44. The number of hydrogen-bond donors (Lipinski definition) is 0. The number of rotatable bonds is 16. The van der Waals surface area contributed by atoms with Crippen molar-refractivity contribution in [3.63, 3.8) is 0 Å². The summed E-state index contributed by atoms with van der Waals surface area (Å²) in [5.41, 5.74) is 2.22. The van der Waals surface area contributed by atoms with Crippen molar-refractivity contribution in [2.75, 3.05) is 26.0 Å². The average molecular weight is 928 g/mol. The van der Waals surface area contributed by atoms with Gasteiger partial charge in [0.2, 0.25) is 12.2 Å². The summed E-state index contributed by atoms with van der Waals surface area (Å²) in [6.45, 7) is 5.33. The molecular weight excluding hydrogens is 882 g/mol. The Morgan fingerprint density at radius 3 is 2.33 bits per heavy atom. The maximum atomic E-state index is 13.0. The van der Waals surface area contributed by atoms with Crippen LogP contribution in [0.4, 0.5) is 26.3 Å². The third kappa shape index (κ3) is 14.3. The van der Waals surface area contributed by atoms with Crippen LogP contribution in [0, 0.1) is 11.8 Å². The van der Waals surface area contributed by atoms with Crippen molar-refractivity contribution in [3.8, 4) is 0 Å². The van der Waals surface area contributed by atoms with Crippen LogP contribution in [-0.4, -0.2) is 92.2 Å². The van der Waals surface area contributed by atoms with Gasteiger partial charge in [0.05, 0.1) is 37.1 Å². The second kappa shape index (κ2) is 20.0. The quantitative estimate of drug-likeness (QED) is 0.0392. The van der Waals surface area contributed by atoms with E-state index in [1.54, 1.807) is 37.0 Å². The number of aldehydes is 1. The molecule has 0 amide bonds. The van der Waals surface area contributed by atoms with Gasteiger partial charge in [-0.05, 0) is 48.3 Å². The lowest BCUT2D eigenvalue weighted by molar-refractivity contribution is -0.227. The zero-order valence-corrected chi connectivity index (χ0v) is 33.4. The molecule has 0 saturated carbocycles. The van der Waals surface area contributed by atoms with Crippen molar-refractivity contribution >= 4 is 48.5 Å². The molecule has 0 radical (unpaired) electrons. The number of aromatic nitrogens is 1. The lowest BCUT2D eigenvalue weighted by atomic mass is 9.80. The van der Waals surface area contributed by atoms with Crippen LogP contribution in [0.2, 0.25) is 0 Å². The molecule has 0 spiro atoms. The van der Waals surface area contributed by atoms with E-state index in [9.17, 15) is 40.5 Å². The standard InChI is InChI=1S/C35H45F6INO11P/c1-20-12-24(8-10-44)51-26(13-20)14-25-9-11-47-33(52-25)27-16-48-29(43-27)7-5-6-28-22(3)32(23(4)31(53-28)21(2)15-42)54-30(45)17-55(46,49-18-34(36,37)38)50-19-35(39,40)41/h5,7,10,15-16,22-26,28,31-33H,1,6,8-9,11-14,17-19H2,2-4H3/t22-,23-,24-,25-,26+,28+,31-,32-,33-/m0/s1. The Bertz CT molecular complexity index is 1550.